The maximum Gasteiger partial charge on any atom is 0.191 e. The highest BCUT2D eigenvalue weighted by Gasteiger charge is 2.16. The predicted octanol–water partition coefficient (Wildman–Crippen LogP) is 3.53. The van der Waals surface area contributed by atoms with E-state index in [9.17, 15) is 5.11 Å². The summed E-state index contributed by atoms with van der Waals surface area (Å²) in [7, 11) is 1.78. The van der Waals surface area contributed by atoms with Crippen LogP contribution in [0.3, 0.4) is 0 Å². The smallest absolute Gasteiger partial charge is 0.191 e. The van der Waals surface area contributed by atoms with E-state index in [4.69, 9.17) is 4.74 Å². The summed E-state index contributed by atoms with van der Waals surface area (Å²) in [5.74, 6) is 1.67. The van der Waals surface area contributed by atoms with Crippen LogP contribution in [0.1, 0.15) is 36.5 Å². The Morgan fingerprint density at radius 2 is 1.68 bits per heavy atom. The molecule has 1 fully saturated rings. The van der Waals surface area contributed by atoms with Gasteiger partial charge in [0.1, 0.15) is 5.75 Å². The molecule has 0 spiro atoms. The van der Waals surface area contributed by atoms with Crippen LogP contribution < -0.4 is 15.4 Å². The van der Waals surface area contributed by atoms with Crippen molar-refractivity contribution < 1.29 is 9.84 Å². The van der Waals surface area contributed by atoms with Crippen LogP contribution in [0.2, 0.25) is 0 Å². The van der Waals surface area contributed by atoms with E-state index in [1.165, 1.54) is 11.1 Å². The van der Waals surface area contributed by atoms with Crippen molar-refractivity contribution in [3.8, 4) is 5.75 Å². The largest absolute Gasteiger partial charge is 0.494 e. The predicted molar refractivity (Wildman–Crippen MR) is 137 cm³/mol. The average molecular weight is 538 g/mol. The van der Waals surface area contributed by atoms with E-state index in [2.05, 4.69) is 50.9 Å². The first-order valence-electron chi connectivity index (χ1n) is 10.8. The van der Waals surface area contributed by atoms with E-state index >= 15 is 0 Å². The van der Waals surface area contributed by atoms with Gasteiger partial charge in [0.05, 0.1) is 12.7 Å². The van der Waals surface area contributed by atoms with Gasteiger partial charge in [0.25, 0.3) is 0 Å². The molecule has 2 aromatic rings. The van der Waals surface area contributed by atoms with E-state index < -0.39 is 0 Å². The zero-order valence-corrected chi connectivity index (χ0v) is 20.8. The first-order chi connectivity index (χ1) is 14.7. The minimum atomic E-state index is -0.120. The van der Waals surface area contributed by atoms with Crippen molar-refractivity contribution in [2.45, 2.75) is 45.5 Å². The Morgan fingerprint density at radius 1 is 1.03 bits per heavy atom. The molecule has 0 unspecified atom stereocenters. The molecule has 0 radical (unpaired) electrons. The van der Waals surface area contributed by atoms with E-state index in [1.54, 1.807) is 7.05 Å². The average Bonchev–Trinajstić information content (AvgIpc) is 2.78. The summed E-state index contributed by atoms with van der Waals surface area (Å²) in [4.78, 5) is 6.73. The van der Waals surface area contributed by atoms with Crippen LogP contribution in [0.25, 0.3) is 0 Å². The van der Waals surface area contributed by atoms with E-state index in [-0.39, 0.29) is 30.1 Å². The Balaban J connectivity index is 0.00000341. The molecule has 7 heteroatoms. The topological polar surface area (TPSA) is 69.1 Å². The quantitative estimate of drug-likeness (QED) is 0.273. The molecular weight excluding hydrogens is 503 g/mol. The molecule has 0 amide bonds. The summed E-state index contributed by atoms with van der Waals surface area (Å²) < 4.78 is 5.69. The van der Waals surface area contributed by atoms with Gasteiger partial charge in [-0.2, -0.15) is 0 Å². The monoisotopic (exact) mass is 538 g/mol. The van der Waals surface area contributed by atoms with Crippen molar-refractivity contribution in [3.63, 3.8) is 0 Å². The lowest BCUT2D eigenvalue weighted by molar-refractivity contribution is 0.0792. The van der Waals surface area contributed by atoms with Crippen LogP contribution in [-0.4, -0.2) is 48.8 Å². The summed E-state index contributed by atoms with van der Waals surface area (Å²) in [6.07, 6.45) is 1.64. The van der Waals surface area contributed by atoms with Crippen LogP contribution in [0.4, 0.5) is 0 Å². The minimum absolute atomic E-state index is 0. The van der Waals surface area contributed by atoms with Crippen molar-refractivity contribution in [2.24, 2.45) is 4.99 Å². The van der Waals surface area contributed by atoms with E-state index in [0.29, 0.717) is 19.7 Å². The van der Waals surface area contributed by atoms with Gasteiger partial charge in [0.2, 0.25) is 0 Å². The lowest BCUT2D eigenvalue weighted by atomic mass is 10.1. The standard InChI is InChI=1S/C24H34N4O2.HI/c1-3-30-23-7-5-4-6-21(23)17-27-24(25-2)26-16-19-8-10-20(11-9-19)18-28-14-12-22(29)13-15-28;/h4-11,22,29H,3,12-18H2,1-2H3,(H2,25,26,27);1H. The minimum Gasteiger partial charge on any atom is -0.494 e. The van der Waals surface area contributed by atoms with Crippen LogP contribution in [-0.2, 0) is 19.6 Å². The molecule has 1 saturated heterocycles. The third-order valence-electron chi connectivity index (χ3n) is 5.39. The van der Waals surface area contributed by atoms with Gasteiger partial charge in [0.15, 0.2) is 5.96 Å². The molecule has 0 atom stereocenters. The van der Waals surface area contributed by atoms with Crippen LogP contribution in [0.15, 0.2) is 53.5 Å². The maximum absolute atomic E-state index is 9.64. The van der Waals surface area contributed by atoms with Gasteiger partial charge in [0, 0.05) is 45.3 Å². The first-order valence-corrected chi connectivity index (χ1v) is 10.8. The lowest BCUT2D eigenvalue weighted by Gasteiger charge is -2.29. The van der Waals surface area contributed by atoms with Gasteiger partial charge in [-0.15, -0.1) is 24.0 Å². The molecule has 170 valence electrons. The van der Waals surface area contributed by atoms with Gasteiger partial charge < -0.3 is 20.5 Å². The molecule has 0 saturated carbocycles. The number of hydrogen-bond donors (Lipinski definition) is 3. The molecule has 0 bridgehead atoms. The fourth-order valence-electron chi connectivity index (χ4n) is 3.63. The molecule has 6 nitrogen and oxygen atoms in total. The third-order valence-corrected chi connectivity index (χ3v) is 5.39. The van der Waals surface area contributed by atoms with Crippen LogP contribution in [0, 0.1) is 0 Å². The van der Waals surface area contributed by atoms with Gasteiger partial charge >= 0.3 is 0 Å². The molecular formula is C24H35IN4O2. The Hall–Kier alpha value is -1.84. The maximum atomic E-state index is 9.64. The normalized spacial score (nSPS) is 15.3. The summed E-state index contributed by atoms with van der Waals surface area (Å²) in [6.45, 7) is 6.90. The second kappa shape index (κ2) is 13.5. The molecule has 1 aliphatic heterocycles. The molecule has 0 aromatic heterocycles. The Kier molecular flexibility index (Phi) is 11.1. The van der Waals surface area contributed by atoms with Crippen LogP contribution in [0.5, 0.6) is 5.75 Å². The number of benzene rings is 2. The third kappa shape index (κ3) is 8.31. The number of rotatable bonds is 8. The fourth-order valence-corrected chi connectivity index (χ4v) is 3.63. The highest BCUT2D eigenvalue weighted by atomic mass is 127. The fraction of sp³-hybridized carbons (Fsp3) is 0.458. The zero-order chi connectivity index (χ0) is 21.2. The number of piperidine rings is 1. The molecule has 3 rings (SSSR count). The summed E-state index contributed by atoms with van der Waals surface area (Å²) in [5, 5.41) is 16.4. The SMILES string of the molecule is CCOc1ccccc1CNC(=NC)NCc1ccc(CN2CCC(O)CC2)cc1.I. The molecule has 31 heavy (non-hydrogen) atoms. The van der Waals surface area contributed by atoms with Crippen molar-refractivity contribution in [1.29, 1.82) is 0 Å². The second-order valence-corrected chi connectivity index (χ2v) is 7.64. The number of hydrogen-bond acceptors (Lipinski definition) is 4. The number of para-hydroxylation sites is 1. The van der Waals surface area contributed by atoms with Gasteiger partial charge in [-0.25, -0.2) is 0 Å². The van der Waals surface area contributed by atoms with Crippen molar-refractivity contribution >= 4 is 29.9 Å². The number of nitrogens with zero attached hydrogens (tertiary/aromatic N) is 2. The molecule has 3 N–H and O–H groups in total. The number of guanidine groups is 1. The number of aliphatic hydroxyl groups excluding tert-OH is 1. The second-order valence-electron chi connectivity index (χ2n) is 7.64. The summed E-state index contributed by atoms with van der Waals surface area (Å²) >= 11 is 0. The van der Waals surface area contributed by atoms with Gasteiger partial charge in [-0.3, -0.25) is 9.89 Å². The highest BCUT2D eigenvalue weighted by Crippen LogP contribution is 2.17. The Bertz CT molecular complexity index is 805. The number of ether oxygens (including phenoxy) is 1. The summed E-state index contributed by atoms with van der Waals surface area (Å²) in [6, 6.07) is 16.8. The number of likely N-dealkylation sites (tertiary alicyclic amines) is 1. The molecule has 1 aliphatic rings. The van der Waals surface area contributed by atoms with Gasteiger partial charge in [-0.1, -0.05) is 42.5 Å². The molecule has 1 heterocycles. The van der Waals surface area contributed by atoms with Crippen molar-refractivity contribution in [3.05, 3.63) is 65.2 Å². The Labute approximate surface area is 203 Å². The summed E-state index contributed by atoms with van der Waals surface area (Å²) in [5.41, 5.74) is 3.63. The number of halogens is 1. The molecule has 0 aliphatic carbocycles. The van der Waals surface area contributed by atoms with E-state index in [1.807, 2.05) is 25.1 Å². The zero-order valence-electron chi connectivity index (χ0n) is 18.5. The number of aliphatic hydroxyl groups is 1. The van der Waals surface area contributed by atoms with Crippen molar-refractivity contribution in [2.75, 3.05) is 26.7 Å². The number of nitrogens with one attached hydrogen (secondary N) is 2. The highest BCUT2D eigenvalue weighted by molar-refractivity contribution is 14.0. The van der Waals surface area contributed by atoms with Crippen LogP contribution >= 0.6 is 24.0 Å². The lowest BCUT2D eigenvalue weighted by Crippen LogP contribution is -2.36. The van der Waals surface area contributed by atoms with Gasteiger partial charge in [-0.05, 0) is 37.0 Å². The number of aliphatic imine (C=N–C) groups is 1. The Morgan fingerprint density at radius 3 is 2.35 bits per heavy atom. The first kappa shape index (κ1) is 25.4. The molecule has 2 aromatic carbocycles. The van der Waals surface area contributed by atoms with Crippen molar-refractivity contribution in [1.82, 2.24) is 15.5 Å². The van der Waals surface area contributed by atoms with E-state index in [0.717, 1.165) is 49.7 Å².